The zero-order valence-electron chi connectivity index (χ0n) is 13.7. The normalized spacial score (nSPS) is 12.3. The standard InChI is InChI=1S/C20H18F2O3/c1-3-17(15-11-8-12-16(13-15)19(24)25-4-2)20(21,22)18(23)14-9-6-5-7-10-14/h3,5-13,17H,1,4H2,2H3. The zero-order valence-corrected chi connectivity index (χ0v) is 13.7. The molecule has 1 unspecified atom stereocenters. The molecule has 130 valence electrons. The molecule has 0 N–H and O–H groups in total. The van der Waals surface area contributed by atoms with Crippen LogP contribution in [0.25, 0.3) is 0 Å². The van der Waals surface area contributed by atoms with Gasteiger partial charge in [0.2, 0.25) is 5.78 Å². The van der Waals surface area contributed by atoms with Crippen molar-refractivity contribution in [2.24, 2.45) is 0 Å². The van der Waals surface area contributed by atoms with E-state index in [9.17, 15) is 18.4 Å². The van der Waals surface area contributed by atoms with Gasteiger partial charge in [-0.25, -0.2) is 4.79 Å². The number of rotatable bonds is 7. The molecule has 2 aromatic rings. The monoisotopic (exact) mass is 344 g/mol. The Morgan fingerprint density at radius 2 is 1.76 bits per heavy atom. The van der Waals surface area contributed by atoms with Crippen LogP contribution in [0.5, 0.6) is 0 Å². The maximum Gasteiger partial charge on any atom is 0.338 e. The van der Waals surface area contributed by atoms with Crippen molar-refractivity contribution >= 4 is 11.8 Å². The van der Waals surface area contributed by atoms with Crippen LogP contribution < -0.4 is 0 Å². The Kier molecular flexibility index (Phi) is 5.80. The summed E-state index contributed by atoms with van der Waals surface area (Å²) in [6, 6.07) is 13.0. The summed E-state index contributed by atoms with van der Waals surface area (Å²) in [6.07, 6.45) is 1.02. The molecule has 1 atom stereocenters. The molecule has 0 saturated carbocycles. The lowest BCUT2D eigenvalue weighted by Gasteiger charge is -2.24. The average Bonchev–Trinajstić information content (AvgIpc) is 2.62. The van der Waals surface area contributed by atoms with E-state index in [0.29, 0.717) is 0 Å². The largest absolute Gasteiger partial charge is 0.462 e. The van der Waals surface area contributed by atoms with Gasteiger partial charge < -0.3 is 4.74 Å². The second-order valence-corrected chi connectivity index (χ2v) is 5.38. The second kappa shape index (κ2) is 7.83. The van der Waals surface area contributed by atoms with Crippen LogP contribution in [0.2, 0.25) is 0 Å². The molecule has 0 aliphatic heterocycles. The maximum atomic E-state index is 14.8. The number of carbonyl (C=O) groups is 2. The lowest BCUT2D eigenvalue weighted by atomic mass is 9.87. The molecular weight excluding hydrogens is 326 g/mol. The average molecular weight is 344 g/mol. The molecule has 3 nitrogen and oxygen atoms in total. The number of ether oxygens (including phenoxy) is 1. The van der Waals surface area contributed by atoms with E-state index in [4.69, 9.17) is 4.74 Å². The summed E-state index contributed by atoms with van der Waals surface area (Å²) >= 11 is 0. The van der Waals surface area contributed by atoms with Gasteiger partial charge >= 0.3 is 11.9 Å². The SMILES string of the molecule is C=CC(c1cccc(C(=O)OCC)c1)C(F)(F)C(=O)c1ccccc1. The van der Waals surface area contributed by atoms with E-state index < -0.39 is 23.6 Å². The van der Waals surface area contributed by atoms with Crippen LogP contribution in [-0.2, 0) is 4.74 Å². The van der Waals surface area contributed by atoms with Gasteiger partial charge in [0.25, 0.3) is 0 Å². The van der Waals surface area contributed by atoms with Crippen LogP contribution in [0, 0.1) is 0 Å². The Hall–Kier alpha value is -2.82. The fraction of sp³-hybridized carbons (Fsp3) is 0.200. The lowest BCUT2D eigenvalue weighted by molar-refractivity contribution is 0.00116. The fourth-order valence-electron chi connectivity index (χ4n) is 2.49. The molecule has 2 aromatic carbocycles. The molecule has 0 aromatic heterocycles. The summed E-state index contributed by atoms with van der Waals surface area (Å²) in [5, 5.41) is 0. The number of halogens is 2. The third-order valence-electron chi connectivity index (χ3n) is 3.72. The highest BCUT2D eigenvalue weighted by Gasteiger charge is 2.46. The van der Waals surface area contributed by atoms with Crippen molar-refractivity contribution in [1.82, 2.24) is 0 Å². The summed E-state index contributed by atoms with van der Waals surface area (Å²) < 4.78 is 34.5. The molecular formula is C20H18F2O3. The molecule has 0 amide bonds. The number of Topliss-reactive ketones (excluding diaryl/α,β-unsaturated/α-hetero) is 1. The molecule has 0 heterocycles. The van der Waals surface area contributed by atoms with E-state index in [0.717, 1.165) is 6.08 Å². The van der Waals surface area contributed by atoms with Crippen LogP contribution in [0.15, 0.2) is 67.3 Å². The van der Waals surface area contributed by atoms with E-state index >= 15 is 0 Å². The van der Waals surface area contributed by atoms with Crippen LogP contribution in [0.1, 0.15) is 39.1 Å². The number of hydrogen-bond donors (Lipinski definition) is 0. The highest BCUT2D eigenvalue weighted by atomic mass is 19.3. The van der Waals surface area contributed by atoms with E-state index in [1.807, 2.05) is 0 Å². The lowest BCUT2D eigenvalue weighted by Crippen LogP contribution is -2.35. The number of allylic oxidation sites excluding steroid dienone is 1. The third-order valence-corrected chi connectivity index (χ3v) is 3.72. The number of ketones is 1. The first-order valence-electron chi connectivity index (χ1n) is 7.79. The minimum absolute atomic E-state index is 0.0825. The number of esters is 1. The summed E-state index contributed by atoms with van der Waals surface area (Å²) in [6.45, 7) is 5.27. The highest BCUT2D eigenvalue weighted by molar-refractivity contribution is 6.02. The van der Waals surface area contributed by atoms with Crippen molar-refractivity contribution in [2.45, 2.75) is 18.8 Å². The molecule has 5 heteroatoms. The molecule has 2 rings (SSSR count). The van der Waals surface area contributed by atoms with Gasteiger partial charge in [-0.2, -0.15) is 8.78 Å². The van der Waals surface area contributed by atoms with Gasteiger partial charge in [-0.3, -0.25) is 4.79 Å². The van der Waals surface area contributed by atoms with Gasteiger partial charge in [-0.1, -0.05) is 48.5 Å². The summed E-state index contributed by atoms with van der Waals surface area (Å²) in [5.74, 6) is -7.16. The topological polar surface area (TPSA) is 43.4 Å². The first-order valence-corrected chi connectivity index (χ1v) is 7.79. The highest BCUT2D eigenvalue weighted by Crippen LogP contribution is 2.37. The van der Waals surface area contributed by atoms with Gasteiger partial charge in [-0.05, 0) is 24.6 Å². The number of hydrogen-bond acceptors (Lipinski definition) is 3. The van der Waals surface area contributed by atoms with Crippen molar-refractivity contribution in [1.29, 1.82) is 0 Å². The molecule has 25 heavy (non-hydrogen) atoms. The van der Waals surface area contributed by atoms with E-state index in [1.54, 1.807) is 13.0 Å². The number of benzene rings is 2. The summed E-state index contributed by atoms with van der Waals surface area (Å²) in [7, 11) is 0. The van der Waals surface area contributed by atoms with Crippen LogP contribution in [0.4, 0.5) is 8.78 Å². The minimum atomic E-state index is -3.70. The number of alkyl halides is 2. The van der Waals surface area contributed by atoms with Crippen molar-refractivity contribution in [3.05, 3.63) is 83.9 Å². The quantitative estimate of drug-likeness (QED) is 0.417. The first-order chi connectivity index (χ1) is 11.9. The van der Waals surface area contributed by atoms with Crippen molar-refractivity contribution in [2.75, 3.05) is 6.61 Å². The predicted octanol–water partition coefficient (Wildman–Crippen LogP) is 4.65. The molecule has 0 bridgehead atoms. The second-order valence-electron chi connectivity index (χ2n) is 5.38. The van der Waals surface area contributed by atoms with Gasteiger partial charge in [0.15, 0.2) is 0 Å². The van der Waals surface area contributed by atoms with Crippen LogP contribution >= 0.6 is 0 Å². The Labute approximate surface area is 144 Å². The van der Waals surface area contributed by atoms with Gasteiger partial charge in [0, 0.05) is 5.56 Å². The predicted molar refractivity (Wildman–Crippen MR) is 91.1 cm³/mol. The van der Waals surface area contributed by atoms with Crippen LogP contribution in [-0.4, -0.2) is 24.3 Å². The number of carbonyl (C=O) groups excluding carboxylic acids is 2. The molecule has 0 spiro atoms. The summed E-state index contributed by atoms with van der Waals surface area (Å²) in [4.78, 5) is 24.1. The fourth-order valence-corrected chi connectivity index (χ4v) is 2.49. The van der Waals surface area contributed by atoms with E-state index in [2.05, 4.69) is 6.58 Å². The third kappa shape index (κ3) is 3.99. The smallest absolute Gasteiger partial charge is 0.338 e. The van der Waals surface area contributed by atoms with Crippen molar-refractivity contribution in [3.8, 4) is 0 Å². The zero-order chi connectivity index (χ0) is 18.4. The molecule has 0 fully saturated rings. The molecule has 0 saturated heterocycles. The Morgan fingerprint density at radius 1 is 1.12 bits per heavy atom. The van der Waals surface area contributed by atoms with Crippen molar-refractivity contribution < 1.29 is 23.1 Å². The van der Waals surface area contributed by atoms with Gasteiger partial charge in [0.05, 0.1) is 18.1 Å². The molecule has 0 aliphatic rings. The Balaban J connectivity index is 2.38. The van der Waals surface area contributed by atoms with E-state index in [-0.39, 0.29) is 23.3 Å². The molecule has 0 aliphatic carbocycles. The van der Waals surface area contributed by atoms with Crippen LogP contribution in [0.3, 0.4) is 0 Å². The van der Waals surface area contributed by atoms with Gasteiger partial charge in [-0.15, -0.1) is 6.58 Å². The first kappa shape index (κ1) is 18.5. The minimum Gasteiger partial charge on any atom is -0.462 e. The molecule has 0 radical (unpaired) electrons. The van der Waals surface area contributed by atoms with Gasteiger partial charge in [0.1, 0.15) is 0 Å². The maximum absolute atomic E-state index is 14.8. The van der Waals surface area contributed by atoms with E-state index in [1.165, 1.54) is 48.5 Å². The Morgan fingerprint density at radius 3 is 2.36 bits per heavy atom. The van der Waals surface area contributed by atoms with Crippen molar-refractivity contribution in [3.63, 3.8) is 0 Å². The summed E-state index contributed by atoms with van der Waals surface area (Å²) in [5.41, 5.74) is 0.185. The Bertz CT molecular complexity index is 770.